The molecule has 0 saturated heterocycles. The smallest absolute Gasteiger partial charge is 0.325 e. The van der Waals surface area contributed by atoms with Crippen LogP contribution in [0.2, 0.25) is 5.02 Å². The first-order valence-electron chi connectivity index (χ1n) is 10.2. The van der Waals surface area contributed by atoms with Crippen LogP contribution >= 0.6 is 23.4 Å². The fourth-order valence-electron chi connectivity index (χ4n) is 3.76. The molecule has 0 aliphatic carbocycles. The molecule has 2 aromatic carbocycles. The Morgan fingerprint density at radius 3 is 2.66 bits per heavy atom. The van der Waals surface area contributed by atoms with Crippen LogP contribution in [0.25, 0.3) is 16.7 Å². The van der Waals surface area contributed by atoms with Crippen LogP contribution in [0.15, 0.2) is 58.6 Å². The van der Waals surface area contributed by atoms with Gasteiger partial charge in [-0.15, -0.1) is 0 Å². The van der Waals surface area contributed by atoms with Crippen LogP contribution in [0.3, 0.4) is 0 Å². The number of fused-ring (bicyclic) bond motifs is 2. The number of amides is 1. The van der Waals surface area contributed by atoms with Crippen molar-refractivity contribution < 1.29 is 22.4 Å². The van der Waals surface area contributed by atoms with Crippen molar-refractivity contribution >= 4 is 46.0 Å². The van der Waals surface area contributed by atoms with Gasteiger partial charge >= 0.3 is 6.18 Å². The third kappa shape index (κ3) is 4.39. The second-order valence-corrected chi connectivity index (χ2v) is 9.14. The van der Waals surface area contributed by atoms with E-state index in [9.17, 15) is 27.2 Å². The molecule has 1 atom stereocenters. The van der Waals surface area contributed by atoms with Crippen LogP contribution in [0, 0.1) is 5.82 Å². The van der Waals surface area contributed by atoms with Gasteiger partial charge in [-0.25, -0.2) is 14.1 Å². The maximum Gasteiger partial charge on any atom is 0.416 e. The minimum absolute atomic E-state index is 0.0405. The molecule has 1 unspecified atom stereocenters. The molecule has 0 radical (unpaired) electrons. The van der Waals surface area contributed by atoms with E-state index in [0.29, 0.717) is 22.2 Å². The Bertz CT molecular complexity index is 1520. The van der Waals surface area contributed by atoms with E-state index in [1.807, 2.05) is 0 Å². The van der Waals surface area contributed by atoms with Gasteiger partial charge in [0, 0.05) is 12.2 Å². The molecule has 0 saturated carbocycles. The van der Waals surface area contributed by atoms with Crippen molar-refractivity contribution in [2.24, 2.45) is 0 Å². The first kappa shape index (κ1) is 23.4. The normalized spacial score (nSPS) is 15.4. The lowest BCUT2D eigenvalue weighted by Gasteiger charge is -2.15. The quantitative estimate of drug-likeness (QED) is 0.298. The summed E-state index contributed by atoms with van der Waals surface area (Å²) < 4.78 is 55.1. The third-order valence-electron chi connectivity index (χ3n) is 5.43. The van der Waals surface area contributed by atoms with Gasteiger partial charge in [0.15, 0.2) is 10.8 Å². The molecule has 3 heterocycles. The number of halogens is 5. The second-order valence-electron chi connectivity index (χ2n) is 7.75. The van der Waals surface area contributed by atoms with Crippen molar-refractivity contribution in [2.45, 2.75) is 23.8 Å². The number of nitrogens with zero attached hydrogens (tertiary/aromatic N) is 4. The molecule has 1 N–H and O–H groups in total. The Labute approximate surface area is 203 Å². The van der Waals surface area contributed by atoms with E-state index >= 15 is 0 Å². The summed E-state index contributed by atoms with van der Waals surface area (Å²) in [5.41, 5.74) is -0.701. The summed E-state index contributed by atoms with van der Waals surface area (Å²) in [4.78, 5) is 30.4. The largest absolute Gasteiger partial charge is 0.416 e. The van der Waals surface area contributed by atoms with Gasteiger partial charge in [0.05, 0.1) is 34.2 Å². The summed E-state index contributed by atoms with van der Waals surface area (Å²) in [6.07, 6.45) is -3.41. The number of carbonyl (C=O) groups excluding carboxylic acids is 1. The minimum atomic E-state index is -4.59. The van der Waals surface area contributed by atoms with E-state index in [2.05, 4.69) is 15.4 Å². The molecule has 2 aromatic heterocycles. The molecule has 1 aliphatic rings. The molecule has 13 heteroatoms. The zero-order valence-electron chi connectivity index (χ0n) is 17.5. The molecule has 1 amide bonds. The topological polar surface area (TPSA) is 81.8 Å². The molecule has 1 aliphatic heterocycles. The minimum Gasteiger partial charge on any atom is -0.325 e. The molecule has 4 aromatic rings. The van der Waals surface area contributed by atoms with Gasteiger partial charge in [-0.1, -0.05) is 23.4 Å². The number of thioether (sulfide) groups is 1. The number of rotatable bonds is 4. The van der Waals surface area contributed by atoms with E-state index in [0.717, 1.165) is 18.2 Å². The second kappa shape index (κ2) is 8.68. The molecule has 0 fully saturated rings. The molecule has 0 bridgehead atoms. The fraction of sp³-hybridized carbons (Fsp3) is 0.182. The Balaban J connectivity index is 1.41. The van der Waals surface area contributed by atoms with E-state index in [-0.39, 0.29) is 22.5 Å². The summed E-state index contributed by atoms with van der Waals surface area (Å²) in [6.45, 7) is 0. The van der Waals surface area contributed by atoms with Crippen LogP contribution in [-0.2, 0) is 11.0 Å². The highest BCUT2D eigenvalue weighted by Gasteiger charge is 2.32. The highest BCUT2D eigenvalue weighted by Crippen LogP contribution is 2.36. The van der Waals surface area contributed by atoms with Crippen molar-refractivity contribution in [1.29, 1.82) is 0 Å². The standard InChI is InChI=1S/C22H14ClF4N5O2S/c23-16-6-1-11(22(25,26)27)7-17(16)29-18(33)8-14-10-35-21-30-19-15(20(34)31(14)21)9-28-32(19)13-4-2-12(24)3-5-13/h1-7,9,14H,8,10H2,(H,29,33). The SMILES string of the molecule is O=C(CC1CSc2nc3c(cnn3-c3ccc(F)cc3)c(=O)n21)Nc1cc(C(F)(F)F)ccc1Cl. The lowest BCUT2D eigenvalue weighted by atomic mass is 10.1. The van der Waals surface area contributed by atoms with Gasteiger partial charge in [-0.2, -0.15) is 18.3 Å². The summed E-state index contributed by atoms with van der Waals surface area (Å²) in [7, 11) is 0. The van der Waals surface area contributed by atoms with Gasteiger partial charge in [0.1, 0.15) is 11.2 Å². The van der Waals surface area contributed by atoms with Crippen molar-refractivity contribution in [3.63, 3.8) is 0 Å². The third-order valence-corrected chi connectivity index (χ3v) is 6.86. The number of carbonyl (C=O) groups is 1. The van der Waals surface area contributed by atoms with Gasteiger partial charge in [0.2, 0.25) is 5.91 Å². The fourth-order valence-corrected chi connectivity index (χ4v) is 5.06. The number of aromatic nitrogens is 4. The number of nitrogens with one attached hydrogen (secondary N) is 1. The van der Waals surface area contributed by atoms with Gasteiger partial charge in [-0.05, 0) is 42.5 Å². The monoisotopic (exact) mass is 523 g/mol. The van der Waals surface area contributed by atoms with Crippen LogP contribution in [0.1, 0.15) is 18.0 Å². The predicted molar refractivity (Wildman–Crippen MR) is 123 cm³/mol. The number of hydrogen-bond acceptors (Lipinski definition) is 5. The summed E-state index contributed by atoms with van der Waals surface area (Å²) in [5, 5.41) is 7.15. The van der Waals surface area contributed by atoms with Gasteiger partial charge in [0.25, 0.3) is 5.56 Å². The summed E-state index contributed by atoms with van der Waals surface area (Å²) >= 11 is 7.23. The van der Waals surface area contributed by atoms with E-state index in [1.54, 1.807) is 0 Å². The Kier molecular flexibility index (Phi) is 5.80. The number of alkyl halides is 3. The van der Waals surface area contributed by atoms with Crippen LogP contribution in [0.4, 0.5) is 23.2 Å². The zero-order chi connectivity index (χ0) is 24.9. The average Bonchev–Trinajstić information content (AvgIpc) is 3.40. The lowest BCUT2D eigenvalue weighted by molar-refractivity contribution is -0.137. The van der Waals surface area contributed by atoms with Crippen molar-refractivity contribution in [2.75, 3.05) is 11.1 Å². The molecule has 180 valence electrons. The summed E-state index contributed by atoms with van der Waals surface area (Å²) in [6, 6.07) is 7.62. The van der Waals surface area contributed by atoms with Crippen molar-refractivity contribution in [1.82, 2.24) is 19.3 Å². The van der Waals surface area contributed by atoms with Crippen molar-refractivity contribution in [3.8, 4) is 5.69 Å². The Hall–Kier alpha value is -3.38. The number of benzene rings is 2. The number of hydrogen-bond donors (Lipinski definition) is 1. The van der Waals surface area contributed by atoms with Crippen LogP contribution in [-0.4, -0.2) is 31.0 Å². The maximum absolute atomic E-state index is 13.3. The highest BCUT2D eigenvalue weighted by atomic mass is 35.5. The zero-order valence-corrected chi connectivity index (χ0v) is 19.1. The van der Waals surface area contributed by atoms with Crippen molar-refractivity contribution in [3.05, 3.63) is 75.4 Å². The van der Waals surface area contributed by atoms with Crippen LogP contribution in [0.5, 0.6) is 0 Å². The molecule has 0 spiro atoms. The number of anilines is 1. The first-order valence-corrected chi connectivity index (χ1v) is 11.5. The lowest BCUT2D eigenvalue weighted by Crippen LogP contribution is -2.27. The average molecular weight is 524 g/mol. The molecule has 35 heavy (non-hydrogen) atoms. The van der Waals surface area contributed by atoms with E-state index < -0.39 is 35.1 Å². The van der Waals surface area contributed by atoms with Gasteiger partial charge < -0.3 is 5.32 Å². The Morgan fingerprint density at radius 1 is 1.20 bits per heavy atom. The highest BCUT2D eigenvalue weighted by molar-refractivity contribution is 7.99. The predicted octanol–water partition coefficient (Wildman–Crippen LogP) is 5.07. The molecular weight excluding hydrogens is 510 g/mol. The van der Waals surface area contributed by atoms with Crippen LogP contribution < -0.4 is 10.9 Å². The Morgan fingerprint density at radius 2 is 1.94 bits per heavy atom. The molecule has 5 rings (SSSR count). The first-order chi connectivity index (χ1) is 16.6. The maximum atomic E-state index is 13.3. The molecular formula is C22H14ClF4N5O2S. The summed E-state index contributed by atoms with van der Waals surface area (Å²) in [5.74, 6) is -0.649. The van der Waals surface area contributed by atoms with E-state index in [1.165, 1.54) is 51.5 Å². The van der Waals surface area contributed by atoms with E-state index in [4.69, 9.17) is 11.6 Å². The van der Waals surface area contributed by atoms with Gasteiger partial charge in [-0.3, -0.25) is 14.2 Å². The molecule has 7 nitrogen and oxygen atoms in total.